The van der Waals surface area contributed by atoms with Gasteiger partial charge in [-0.05, 0) is 24.4 Å². The first-order valence-corrected chi connectivity index (χ1v) is 7.33. The highest BCUT2D eigenvalue weighted by Crippen LogP contribution is 2.39. The number of fused-ring (bicyclic) bond motifs is 1. The quantitative estimate of drug-likeness (QED) is 0.873. The van der Waals surface area contributed by atoms with Gasteiger partial charge in [0.2, 0.25) is 0 Å². The van der Waals surface area contributed by atoms with Gasteiger partial charge in [-0.1, -0.05) is 6.07 Å². The Kier molecular flexibility index (Phi) is 4.26. The maximum absolute atomic E-state index is 11.8. The molecule has 0 atom stereocenters. The number of methoxy groups -OCH3 is 1. The summed E-state index contributed by atoms with van der Waals surface area (Å²) in [6, 6.07) is 7.12. The van der Waals surface area contributed by atoms with E-state index in [0.29, 0.717) is 48.3 Å². The van der Waals surface area contributed by atoms with Crippen LogP contribution in [0.1, 0.15) is 0 Å². The Hall–Kier alpha value is -2.12. The minimum atomic E-state index is -0.247. The summed E-state index contributed by atoms with van der Waals surface area (Å²) < 4.78 is 18.6. The molecule has 2 aromatic rings. The second-order valence-electron chi connectivity index (χ2n) is 4.80. The predicted molar refractivity (Wildman–Crippen MR) is 84.2 cm³/mol. The van der Waals surface area contributed by atoms with Crippen LogP contribution in [0, 0.1) is 4.77 Å². The number of nitrogens with one attached hydrogen (secondary N) is 1. The fraction of sp³-hybridized carbons (Fsp3) is 0.333. The van der Waals surface area contributed by atoms with Crippen LogP contribution in [0.2, 0.25) is 0 Å². The molecule has 2 heterocycles. The second kappa shape index (κ2) is 6.33. The molecule has 0 bridgehead atoms. The fourth-order valence-electron chi connectivity index (χ4n) is 2.42. The summed E-state index contributed by atoms with van der Waals surface area (Å²) in [4.78, 5) is 14.5. The molecule has 0 aliphatic carbocycles. The van der Waals surface area contributed by atoms with Crippen LogP contribution in [-0.4, -0.2) is 36.5 Å². The highest BCUT2D eigenvalue weighted by Gasteiger charge is 2.19. The Bertz CT molecular complexity index is 797. The van der Waals surface area contributed by atoms with Crippen LogP contribution in [0.5, 0.6) is 11.5 Å². The van der Waals surface area contributed by atoms with Crippen molar-refractivity contribution in [3.05, 3.63) is 39.4 Å². The number of nitrogens with zero attached hydrogens (tertiary/aromatic N) is 1. The van der Waals surface area contributed by atoms with Gasteiger partial charge in [0.15, 0.2) is 16.3 Å². The number of hydrogen-bond acceptors (Lipinski definition) is 5. The molecule has 0 radical (unpaired) electrons. The first-order chi connectivity index (χ1) is 10.7. The van der Waals surface area contributed by atoms with E-state index in [9.17, 15) is 4.79 Å². The smallest absolute Gasteiger partial charge is 0.252 e. The molecule has 1 aliphatic heterocycles. The van der Waals surface area contributed by atoms with E-state index in [-0.39, 0.29) is 5.56 Å². The topological polar surface area (TPSA) is 65.5 Å². The van der Waals surface area contributed by atoms with E-state index in [1.165, 1.54) is 6.07 Å². The van der Waals surface area contributed by atoms with Crippen LogP contribution in [-0.2, 0) is 11.3 Å². The largest absolute Gasteiger partial charge is 0.486 e. The number of para-hydroxylation sites is 1. The van der Waals surface area contributed by atoms with E-state index in [1.807, 2.05) is 22.8 Å². The molecule has 0 fully saturated rings. The lowest BCUT2D eigenvalue weighted by atomic mass is 10.1. The van der Waals surface area contributed by atoms with E-state index in [1.54, 1.807) is 7.11 Å². The van der Waals surface area contributed by atoms with Gasteiger partial charge in [-0.2, -0.15) is 0 Å². The van der Waals surface area contributed by atoms with Gasteiger partial charge in [-0.15, -0.1) is 0 Å². The van der Waals surface area contributed by atoms with Crippen LogP contribution in [0.15, 0.2) is 29.1 Å². The van der Waals surface area contributed by atoms with Gasteiger partial charge < -0.3 is 18.8 Å². The van der Waals surface area contributed by atoms with Crippen molar-refractivity contribution in [2.24, 2.45) is 0 Å². The Labute approximate surface area is 132 Å². The maximum Gasteiger partial charge on any atom is 0.252 e. The molecule has 0 saturated heterocycles. The van der Waals surface area contributed by atoms with E-state index < -0.39 is 0 Å². The van der Waals surface area contributed by atoms with Crippen molar-refractivity contribution in [1.29, 1.82) is 0 Å². The summed E-state index contributed by atoms with van der Waals surface area (Å²) in [5, 5.41) is 0. The zero-order chi connectivity index (χ0) is 15.5. The standard InChI is InChI=1S/C15H16N2O4S/c1-19-6-5-17-11(9-13(18)16-15(17)22)10-3-2-4-12-14(10)21-8-7-20-12/h2-4,9H,5-8H2,1H3,(H,16,18,22). The minimum absolute atomic E-state index is 0.247. The van der Waals surface area contributed by atoms with Crippen molar-refractivity contribution in [1.82, 2.24) is 9.55 Å². The number of ether oxygens (including phenoxy) is 3. The molecule has 0 unspecified atom stereocenters. The Morgan fingerprint density at radius 2 is 2.18 bits per heavy atom. The summed E-state index contributed by atoms with van der Waals surface area (Å²) in [6.07, 6.45) is 0. The van der Waals surface area contributed by atoms with Gasteiger partial charge in [-0.3, -0.25) is 9.78 Å². The molecule has 1 aromatic carbocycles. The fourth-order valence-corrected chi connectivity index (χ4v) is 2.71. The average molecular weight is 320 g/mol. The van der Waals surface area contributed by atoms with E-state index in [2.05, 4.69) is 4.98 Å². The summed E-state index contributed by atoms with van der Waals surface area (Å²) in [7, 11) is 1.62. The number of benzene rings is 1. The molecular formula is C15H16N2O4S. The van der Waals surface area contributed by atoms with Gasteiger partial charge >= 0.3 is 0 Å². The molecule has 0 saturated carbocycles. The van der Waals surface area contributed by atoms with Crippen molar-refractivity contribution >= 4 is 12.2 Å². The van der Waals surface area contributed by atoms with Gasteiger partial charge in [0, 0.05) is 25.3 Å². The van der Waals surface area contributed by atoms with Crippen LogP contribution in [0.3, 0.4) is 0 Å². The third kappa shape index (κ3) is 2.77. The summed E-state index contributed by atoms with van der Waals surface area (Å²) in [6.45, 7) is 2.01. The van der Waals surface area contributed by atoms with E-state index >= 15 is 0 Å². The molecule has 22 heavy (non-hydrogen) atoms. The van der Waals surface area contributed by atoms with Crippen LogP contribution in [0.4, 0.5) is 0 Å². The van der Waals surface area contributed by atoms with Crippen LogP contribution in [0.25, 0.3) is 11.3 Å². The number of H-pyrrole nitrogens is 1. The predicted octanol–water partition coefficient (Wildman–Crippen LogP) is 1.99. The SMILES string of the molecule is COCCn1c(-c2cccc3c2OCCO3)cc(=O)[nH]c1=S. The summed E-state index contributed by atoms with van der Waals surface area (Å²) >= 11 is 5.27. The summed E-state index contributed by atoms with van der Waals surface area (Å²) in [5.41, 5.74) is 1.22. The second-order valence-corrected chi connectivity index (χ2v) is 5.18. The van der Waals surface area contributed by atoms with Crippen LogP contribution < -0.4 is 15.0 Å². The van der Waals surface area contributed by atoms with Crippen molar-refractivity contribution in [3.63, 3.8) is 0 Å². The van der Waals surface area contributed by atoms with Gasteiger partial charge in [0.25, 0.3) is 5.56 Å². The lowest BCUT2D eigenvalue weighted by Crippen LogP contribution is -2.19. The first-order valence-electron chi connectivity index (χ1n) is 6.93. The first kappa shape index (κ1) is 14.8. The van der Waals surface area contributed by atoms with Crippen LogP contribution >= 0.6 is 12.2 Å². The molecule has 1 N–H and O–H groups in total. The van der Waals surface area contributed by atoms with Crippen molar-refractivity contribution in [2.75, 3.05) is 26.9 Å². The Morgan fingerprint density at radius 1 is 1.36 bits per heavy atom. The number of hydrogen-bond donors (Lipinski definition) is 1. The molecule has 116 valence electrons. The average Bonchev–Trinajstić information content (AvgIpc) is 2.53. The molecule has 7 heteroatoms. The number of aromatic nitrogens is 2. The highest BCUT2D eigenvalue weighted by atomic mass is 32.1. The maximum atomic E-state index is 11.8. The number of aromatic amines is 1. The van der Waals surface area contributed by atoms with Gasteiger partial charge in [0.1, 0.15) is 13.2 Å². The zero-order valence-electron chi connectivity index (χ0n) is 12.1. The molecule has 1 aromatic heterocycles. The minimum Gasteiger partial charge on any atom is -0.486 e. The molecule has 3 rings (SSSR count). The van der Waals surface area contributed by atoms with Crippen molar-refractivity contribution in [2.45, 2.75) is 6.54 Å². The lowest BCUT2D eigenvalue weighted by molar-refractivity contribution is 0.172. The Morgan fingerprint density at radius 3 is 3.00 bits per heavy atom. The molecule has 6 nitrogen and oxygen atoms in total. The monoisotopic (exact) mass is 320 g/mol. The molecule has 1 aliphatic rings. The normalized spacial score (nSPS) is 13.1. The molecule has 0 spiro atoms. The van der Waals surface area contributed by atoms with Gasteiger partial charge in [0.05, 0.1) is 12.3 Å². The Balaban J connectivity index is 2.19. The highest BCUT2D eigenvalue weighted by molar-refractivity contribution is 7.71. The molecule has 0 amide bonds. The lowest BCUT2D eigenvalue weighted by Gasteiger charge is -2.22. The zero-order valence-corrected chi connectivity index (χ0v) is 12.9. The van der Waals surface area contributed by atoms with Crippen molar-refractivity contribution in [3.8, 4) is 22.8 Å². The van der Waals surface area contributed by atoms with Gasteiger partial charge in [-0.25, -0.2) is 0 Å². The third-order valence-corrected chi connectivity index (χ3v) is 3.72. The third-order valence-electron chi connectivity index (χ3n) is 3.40. The van der Waals surface area contributed by atoms with E-state index in [4.69, 9.17) is 26.4 Å². The van der Waals surface area contributed by atoms with Crippen molar-refractivity contribution < 1.29 is 14.2 Å². The molecular weight excluding hydrogens is 304 g/mol. The number of rotatable bonds is 4. The summed E-state index contributed by atoms with van der Waals surface area (Å²) in [5.74, 6) is 1.31. The van der Waals surface area contributed by atoms with E-state index in [0.717, 1.165) is 5.56 Å².